The second-order valence-corrected chi connectivity index (χ2v) is 4.93. The number of rotatable bonds is 3. The summed E-state index contributed by atoms with van der Waals surface area (Å²) in [5.41, 5.74) is 0.444. The number of nitrogens with zero attached hydrogens (tertiary/aromatic N) is 4. The number of amides is 1. The first-order chi connectivity index (χ1) is 10.6. The third-order valence-electron chi connectivity index (χ3n) is 3.11. The van der Waals surface area contributed by atoms with Gasteiger partial charge < -0.3 is 4.74 Å². The number of hydrogen-bond acceptors (Lipinski definition) is 6. The zero-order chi connectivity index (χ0) is 15.7. The Morgan fingerprint density at radius 2 is 2.09 bits per heavy atom. The molecule has 1 aliphatic rings. The summed E-state index contributed by atoms with van der Waals surface area (Å²) in [5, 5.41) is 0.436. The highest BCUT2D eigenvalue weighted by Crippen LogP contribution is 2.35. The largest absolute Gasteiger partial charge is 0.435 e. The van der Waals surface area contributed by atoms with Crippen molar-refractivity contribution in [1.29, 1.82) is 0 Å². The molecule has 22 heavy (non-hydrogen) atoms. The number of ether oxygens (including phenoxy) is 1. The number of halogens is 1. The van der Waals surface area contributed by atoms with Gasteiger partial charge >= 0.3 is 5.97 Å². The van der Waals surface area contributed by atoms with Crippen LogP contribution in [-0.2, 0) is 9.53 Å². The molecule has 1 amide bonds. The first kappa shape index (κ1) is 14.4. The first-order valence-electron chi connectivity index (χ1n) is 6.57. The SMILES string of the molecule is CCC(=O)O[C@H]1c2nccnc2C(=O)N1c1ccc(Cl)cn1. The maximum atomic E-state index is 12.5. The fourth-order valence-electron chi connectivity index (χ4n) is 2.09. The zero-order valence-electron chi connectivity index (χ0n) is 11.6. The van der Waals surface area contributed by atoms with Gasteiger partial charge in [-0.05, 0) is 12.1 Å². The van der Waals surface area contributed by atoms with Gasteiger partial charge in [-0.25, -0.2) is 14.9 Å². The van der Waals surface area contributed by atoms with E-state index in [1.54, 1.807) is 19.1 Å². The highest BCUT2D eigenvalue weighted by molar-refractivity contribution is 6.30. The summed E-state index contributed by atoms with van der Waals surface area (Å²) in [4.78, 5) is 37.7. The predicted octanol–water partition coefficient (Wildman–Crippen LogP) is 2.14. The van der Waals surface area contributed by atoms with Crippen molar-refractivity contribution in [2.24, 2.45) is 0 Å². The number of esters is 1. The van der Waals surface area contributed by atoms with Crippen LogP contribution < -0.4 is 4.90 Å². The Hall–Kier alpha value is -2.54. The Balaban J connectivity index is 2.05. The van der Waals surface area contributed by atoms with Gasteiger partial charge in [-0.1, -0.05) is 18.5 Å². The minimum absolute atomic E-state index is 0.146. The van der Waals surface area contributed by atoms with E-state index in [9.17, 15) is 9.59 Å². The molecule has 1 atom stereocenters. The molecule has 2 aromatic rings. The van der Waals surface area contributed by atoms with Crippen LogP contribution in [0, 0.1) is 0 Å². The molecule has 0 N–H and O–H groups in total. The quantitative estimate of drug-likeness (QED) is 0.806. The lowest BCUT2D eigenvalue weighted by atomic mass is 10.3. The summed E-state index contributed by atoms with van der Waals surface area (Å²) in [7, 11) is 0. The van der Waals surface area contributed by atoms with E-state index in [1.807, 2.05) is 0 Å². The van der Waals surface area contributed by atoms with Crippen LogP contribution in [-0.4, -0.2) is 26.8 Å². The normalized spacial score (nSPS) is 16.5. The molecule has 0 bridgehead atoms. The molecule has 0 spiro atoms. The topological polar surface area (TPSA) is 85.3 Å². The van der Waals surface area contributed by atoms with Gasteiger partial charge in [0.1, 0.15) is 11.5 Å². The Kier molecular flexibility index (Phi) is 3.72. The average molecular weight is 319 g/mol. The fourth-order valence-corrected chi connectivity index (χ4v) is 2.20. The standard InChI is InChI=1S/C14H11ClN4O3/c1-2-10(20)22-14-12-11(16-5-6-17-12)13(21)19(14)9-4-3-8(15)7-18-9/h3-7,14H,2H2,1H3/t14-/m0/s1. The molecule has 3 heterocycles. The zero-order valence-corrected chi connectivity index (χ0v) is 12.3. The molecule has 0 radical (unpaired) electrons. The van der Waals surface area contributed by atoms with E-state index < -0.39 is 18.1 Å². The van der Waals surface area contributed by atoms with Gasteiger partial charge in [0.05, 0.1) is 5.02 Å². The monoisotopic (exact) mass is 318 g/mol. The molecule has 0 fully saturated rings. The highest BCUT2D eigenvalue weighted by Gasteiger charge is 2.43. The minimum atomic E-state index is -0.975. The molecule has 0 aliphatic carbocycles. The van der Waals surface area contributed by atoms with Crippen molar-refractivity contribution in [1.82, 2.24) is 15.0 Å². The van der Waals surface area contributed by atoms with Gasteiger partial charge in [0, 0.05) is 25.0 Å². The van der Waals surface area contributed by atoms with Crippen molar-refractivity contribution in [3.8, 4) is 0 Å². The van der Waals surface area contributed by atoms with Gasteiger partial charge in [-0.15, -0.1) is 0 Å². The number of carbonyl (C=O) groups is 2. The lowest BCUT2D eigenvalue weighted by Gasteiger charge is -2.23. The molecule has 8 heteroatoms. The number of aromatic nitrogens is 3. The molecule has 0 unspecified atom stereocenters. The number of hydrogen-bond donors (Lipinski definition) is 0. The summed E-state index contributed by atoms with van der Waals surface area (Å²) in [6, 6.07) is 3.17. The highest BCUT2D eigenvalue weighted by atomic mass is 35.5. The molecule has 0 saturated heterocycles. The van der Waals surface area contributed by atoms with Crippen LogP contribution >= 0.6 is 11.6 Å². The Bertz CT molecular complexity index is 735. The van der Waals surface area contributed by atoms with Gasteiger partial charge in [0.15, 0.2) is 5.69 Å². The van der Waals surface area contributed by atoms with Crippen molar-refractivity contribution in [2.45, 2.75) is 19.6 Å². The molecule has 7 nitrogen and oxygen atoms in total. The lowest BCUT2D eigenvalue weighted by molar-refractivity contribution is -0.148. The van der Waals surface area contributed by atoms with Crippen LogP contribution in [0.2, 0.25) is 5.02 Å². The Morgan fingerprint density at radius 3 is 2.77 bits per heavy atom. The number of carbonyl (C=O) groups excluding carboxylic acids is 2. The minimum Gasteiger partial charge on any atom is -0.435 e. The maximum absolute atomic E-state index is 12.5. The first-order valence-corrected chi connectivity index (χ1v) is 6.95. The van der Waals surface area contributed by atoms with Gasteiger partial charge in [0.2, 0.25) is 6.23 Å². The third-order valence-corrected chi connectivity index (χ3v) is 3.33. The maximum Gasteiger partial charge on any atom is 0.307 e. The smallest absolute Gasteiger partial charge is 0.307 e. The number of anilines is 1. The molecule has 2 aromatic heterocycles. The number of fused-ring (bicyclic) bond motifs is 1. The van der Waals surface area contributed by atoms with Crippen LogP contribution in [0.1, 0.15) is 35.8 Å². The summed E-state index contributed by atoms with van der Waals surface area (Å²) < 4.78 is 5.35. The van der Waals surface area contributed by atoms with Gasteiger partial charge in [-0.3, -0.25) is 14.6 Å². The van der Waals surface area contributed by atoms with E-state index in [0.717, 1.165) is 0 Å². The van der Waals surface area contributed by atoms with Crippen LogP contribution in [0.15, 0.2) is 30.7 Å². The van der Waals surface area contributed by atoms with Crippen molar-refractivity contribution < 1.29 is 14.3 Å². The molecule has 0 saturated carbocycles. The fraction of sp³-hybridized carbons (Fsp3) is 0.214. The van der Waals surface area contributed by atoms with Crippen molar-refractivity contribution in [2.75, 3.05) is 4.90 Å². The molecule has 3 rings (SSSR count). The van der Waals surface area contributed by atoms with E-state index in [2.05, 4.69) is 15.0 Å². The van der Waals surface area contributed by atoms with E-state index >= 15 is 0 Å². The van der Waals surface area contributed by atoms with Crippen LogP contribution in [0.25, 0.3) is 0 Å². The third kappa shape index (κ3) is 2.39. The Morgan fingerprint density at radius 1 is 1.32 bits per heavy atom. The number of pyridine rings is 1. The van der Waals surface area contributed by atoms with E-state index in [1.165, 1.54) is 23.5 Å². The second kappa shape index (κ2) is 5.69. The van der Waals surface area contributed by atoms with Crippen molar-refractivity contribution >= 4 is 29.3 Å². The van der Waals surface area contributed by atoms with Gasteiger partial charge in [-0.2, -0.15) is 0 Å². The lowest BCUT2D eigenvalue weighted by Crippen LogP contribution is -2.31. The molecular weight excluding hydrogens is 308 g/mol. The van der Waals surface area contributed by atoms with Crippen LogP contribution in [0.3, 0.4) is 0 Å². The summed E-state index contributed by atoms with van der Waals surface area (Å²) in [6.07, 6.45) is 3.47. The molecule has 112 valence electrons. The summed E-state index contributed by atoms with van der Waals surface area (Å²) in [6.45, 7) is 1.67. The van der Waals surface area contributed by atoms with Crippen LogP contribution in [0.4, 0.5) is 5.82 Å². The van der Waals surface area contributed by atoms with E-state index in [4.69, 9.17) is 16.3 Å². The van der Waals surface area contributed by atoms with Crippen molar-refractivity contribution in [3.05, 3.63) is 47.1 Å². The summed E-state index contributed by atoms with van der Waals surface area (Å²) >= 11 is 5.81. The van der Waals surface area contributed by atoms with Crippen molar-refractivity contribution in [3.63, 3.8) is 0 Å². The van der Waals surface area contributed by atoms with Crippen LogP contribution in [0.5, 0.6) is 0 Å². The molecule has 0 aromatic carbocycles. The van der Waals surface area contributed by atoms with E-state index in [-0.39, 0.29) is 12.1 Å². The predicted molar refractivity (Wildman–Crippen MR) is 77.2 cm³/mol. The molecule has 1 aliphatic heterocycles. The van der Waals surface area contributed by atoms with Gasteiger partial charge in [0.25, 0.3) is 5.91 Å². The second-order valence-electron chi connectivity index (χ2n) is 4.50. The summed E-state index contributed by atoms with van der Waals surface area (Å²) in [5.74, 6) is -0.565. The molecular formula is C14H11ClN4O3. The average Bonchev–Trinajstić information content (AvgIpc) is 2.81. The van der Waals surface area contributed by atoms with E-state index in [0.29, 0.717) is 16.5 Å². The Labute approximate surface area is 130 Å².